The highest BCUT2D eigenvalue weighted by Gasteiger charge is 2.43. The van der Waals surface area contributed by atoms with Crippen molar-refractivity contribution in [3.8, 4) is 12.3 Å². The van der Waals surface area contributed by atoms with Gasteiger partial charge in [0.25, 0.3) is 0 Å². The quantitative estimate of drug-likeness (QED) is 0.515. The Kier molecular flexibility index (Phi) is 1.80. The summed E-state index contributed by atoms with van der Waals surface area (Å²) < 4.78 is 0. The van der Waals surface area contributed by atoms with Crippen LogP contribution >= 0.6 is 0 Å². The minimum atomic E-state index is 0.142. The van der Waals surface area contributed by atoms with Gasteiger partial charge in [-0.3, -0.25) is 4.79 Å². The first-order valence-corrected chi connectivity index (χ1v) is 4.87. The predicted molar refractivity (Wildman–Crippen MR) is 52.0 cm³/mol. The molecule has 1 fully saturated rings. The van der Waals surface area contributed by atoms with Crippen molar-refractivity contribution in [2.45, 2.75) is 32.6 Å². The fourth-order valence-corrected chi connectivity index (χ4v) is 2.62. The molecule has 0 saturated heterocycles. The molecule has 0 aromatic carbocycles. The van der Waals surface area contributed by atoms with Gasteiger partial charge in [0, 0.05) is 17.8 Å². The van der Waals surface area contributed by atoms with Gasteiger partial charge in [0.05, 0.1) is 0 Å². The van der Waals surface area contributed by atoms with Crippen LogP contribution in [0.1, 0.15) is 32.6 Å². The van der Waals surface area contributed by atoms with E-state index in [2.05, 4.69) is 12.8 Å². The molecule has 1 saturated carbocycles. The van der Waals surface area contributed by atoms with Crippen molar-refractivity contribution in [2.24, 2.45) is 11.3 Å². The van der Waals surface area contributed by atoms with Gasteiger partial charge in [-0.05, 0) is 25.3 Å². The fourth-order valence-electron chi connectivity index (χ4n) is 2.62. The third-order valence-corrected chi connectivity index (χ3v) is 3.63. The average Bonchev–Trinajstić information content (AvgIpc) is 2.42. The van der Waals surface area contributed by atoms with E-state index in [1.807, 2.05) is 6.08 Å². The van der Waals surface area contributed by atoms with Gasteiger partial charge in [0.1, 0.15) is 0 Å². The molecule has 0 aromatic rings. The Morgan fingerprint density at radius 2 is 2.38 bits per heavy atom. The Bertz CT molecular complexity index is 319. The van der Waals surface area contributed by atoms with E-state index in [0.29, 0.717) is 12.3 Å². The summed E-state index contributed by atoms with van der Waals surface area (Å²) >= 11 is 0. The van der Waals surface area contributed by atoms with Crippen molar-refractivity contribution in [2.75, 3.05) is 0 Å². The van der Waals surface area contributed by atoms with E-state index in [1.54, 1.807) is 0 Å². The van der Waals surface area contributed by atoms with Gasteiger partial charge < -0.3 is 0 Å². The molecule has 0 aromatic heterocycles. The van der Waals surface area contributed by atoms with Gasteiger partial charge in [0.15, 0.2) is 5.78 Å². The van der Waals surface area contributed by atoms with Crippen LogP contribution in [0, 0.1) is 23.7 Å². The molecule has 0 N–H and O–H groups in total. The van der Waals surface area contributed by atoms with E-state index in [4.69, 9.17) is 6.42 Å². The zero-order valence-electron chi connectivity index (χ0n) is 7.97. The highest BCUT2D eigenvalue weighted by molar-refractivity contribution is 5.91. The van der Waals surface area contributed by atoms with Gasteiger partial charge in [-0.2, -0.15) is 0 Å². The van der Waals surface area contributed by atoms with Crippen molar-refractivity contribution < 1.29 is 4.79 Å². The van der Waals surface area contributed by atoms with E-state index < -0.39 is 0 Å². The summed E-state index contributed by atoms with van der Waals surface area (Å²) in [7, 11) is 0. The minimum absolute atomic E-state index is 0.142. The second-order valence-electron chi connectivity index (χ2n) is 4.31. The van der Waals surface area contributed by atoms with Crippen molar-refractivity contribution in [3.05, 3.63) is 11.6 Å². The number of hydrogen-bond acceptors (Lipinski definition) is 1. The predicted octanol–water partition coefficient (Wildman–Crippen LogP) is 2.33. The van der Waals surface area contributed by atoms with Crippen LogP contribution in [0.2, 0.25) is 0 Å². The molecule has 0 spiro atoms. The third kappa shape index (κ3) is 1.13. The maximum atomic E-state index is 11.2. The number of rotatable bonds is 0. The molecule has 2 aliphatic carbocycles. The maximum Gasteiger partial charge on any atom is 0.155 e. The molecule has 13 heavy (non-hydrogen) atoms. The van der Waals surface area contributed by atoms with Crippen molar-refractivity contribution in [1.82, 2.24) is 0 Å². The van der Waals surface area contributed by atoms with Crippen LogP contribution in [0.3, 0.4) is 0 Å². The molecule has 0 unspecified atom stereocenters. The number of fused-ring (bicyclic) bond motifs is 1. The van der Waals surface area contributed by atoms with Crippen LogP contribution in [0.4, 0.5) is 0 Å². The molecular formula is C12H14O. The molecule has 68 valence electrons. The molecular weight excluding hydrogens is 160 g/mol. The molecule has 1 heteroatoms. The highest BCUT2D eigenvalue weighted by Crippen LogP contribution is 2.51. The monoisotopic (exact) mass is 174 g/mol. The first-order chi connectivity index (χ1) is 6.16. The zero-order valence-corrected chi connectivity index (χ0v) is 7.97. The maximum absolute atomic E-state index is 11.2. The Morgan fingerprint density at radius 1 is 1.62 bits per heavy atom. The van der Waals surface area contributed by atoms with Crippen LogP contribution in [0.5, 0.6) is 0 Å². The number of allylic oxidation sites excluding steroid dienone is 2. The van der Waals surface area contributed by atoms with Crippen LogP contribution in [-0.2, 0) is 4.79 Å². The van der Waals surface area contributed by atoms with Crippen LogP contribution in [0.25, 0.3) is 0 Å². The molecule has 1 nitrogen and oxygen atoms in total. The zero-order chi connectivity index (χ0) is 9.47. The highest BCUT2D eigenvalue weighted by atomic mass is 16.1. The molecule has 0 heterocycles. The summed E-state index contributed by atoms with van der Waals surface area (Å²) in [5.41, 5.74) is 1.44. The minimum Gasteiger partial charge on any atom is -0.295 e. The van der Waals surface area contributed by atoms with Crippen molar-refractivity contribution in [3.63, 3.8) is 0 Å². The molecule has 2 aliphatic rings. The lowest BCUT2D eigenvalue weighted by Gasteiger charge is -2.32. The smallest absolute Gasteiger partial charge is 0.155 e. The average molecular weight is 174 g/mol. The topological polar surface area (TPSA) is 17.1 Å². The molecule has 0 aliphatic heterocycles. The number of carbonyl (C=O) groups excluding carboxylic acids is 1. The lowest BCUT2D eigenvalue weighted by atomic mass is 9.70. The van der Waals surface area contributed by atoms with Gasteiger partial charge in [-0.15, -0.1) is 12.3 Å². The summed E-state index contributed by atoms with van der Waals surface area (Å²) in [4.78, 5) is 11.2. The summed E-state index contributed by atoms with van der Waals surface area (Å²) in [6, 6.07) is 0. The summed E-state index contributed by atoms with van der Waals surface area (Å²) in [5.74, 6) is 3.50. The normalized spacial score (nSPS) is 38.0. The van der Waals surface area contributed by atoms with Gasteiger partial charge in [0.2, 0.25) is 0 Å². The number of terminal acetylenes is 1. The van der Waals surface area contributed by atoms with Crippen molar-refractivity contribution >= 4 is 5.78 Å². The Balaban J connectivity index is 2.39. The second kappa shape index (κ2) is 2.73. The van der Waals surface area contributed by atoms with Gasteiger partial charge in [-0.25, -0.2) is 0 Å². The van der Waals surface area contributed by atoms with Gasteiger partial charge in [-0.1, -0.05) is 12.5 Å². The summed E-state index contributed by atoms with van der Waals surface area (Å²) in [6.45, 7) is 2.21. The van der Waals surface area contributed by atoms with E-state index in [0.717, 1.165) is 19.3 Å². The lowest BCUT2D eigenvalue weighted by molar-refractivity contribution is -0.115. The number of carbonyl (C=O) groups is 1. The standard InChI is InChI=1S/C12H14O/c1-3-9-4-5-10-8-11(13)6-7-12(9,10)2/h1,8-9H,4-7H2,2H3/t9-,12+/m0/s1. The van der Waals surface area contributed by atoms with E-state index in [1.165, 1.54) is 5.57 Å². The first-order valence-electron chi connectivity index (χ1n) is 4.87. The van der Waals surface area contributed by atoms with E-state index in [-0.39, 0.29) is 11.2 Å². The molecule has 0 bridgehead atoms. The second-order valence-corrected chi connectivity index (χ2v) is 4.31. The molecule has 2 atom stereocenters. The van der Waals surface area contributed by atoms with E-state index in [9.17, 15) is 4.79 Å². The lowest BCUT2D eigenvalue weighted by Crippen LogP contribution is -2.27. The largest absolute Gasteiger partial charge is 0.295 e. The number of hydrogen-bond donors (Lipinski definition) is 0. The van der Waals surface area contributed by atoms with Gasteiger partial charge >= 0.3 is 0 Å². The Morgan fingerprint density at radius 3 is 3.08 bits per heavy atom. The summed E-state index contributed by atoms with van der Waals surface area (Å²) in [6.07, 6.45) is 11.0. The first kappa shape index (κ1) is 8.56. The van der Waals surface area contributed by atoms with E-state index >= 15 is 0 Å². The fraction of sp³-hybridized carbons (Fsp3) is 0.583. The summed E-state index contributed by atoms with van der Waals surface area (Å²) in [5, 5.41) is 0. The molecule has 0 radical (unpaired) electrons. The van der Waals surface area contributed by atoms with Crippen LogP contribution < -0.4 is 0 Å². The molecule has 2 rings (SSSR count). The van der Waals surface area contributed by atoms with Crippen LogP contribution in [-0.4, -0.2) is 5.78 Å². The SMILES string of the molecule is C#C[C@H]1CCC2=CC(=O)CC[C@@]21C. The Hall–Kier alpha value is -1.03. The molecule has 0 amide bonds. The van der Waals surface area contributed by atoms with Crippen LogP contribution in [0.15, 0.2) is 11.6 Å². The Labute approximate surface area is 79.2 Å². The van der Waals surface area contributed by atoms with Crippen molar-refractivity contribution in [1.29, 1.82) is 0 Å². The number of ketones is 1. The third-order valence-electron chi connectivity index (χ3n) is 3.63.